The standard InChI is InChI=1S/C20H26N4O3/c1-3-14(22-15-10-6-5-9-13(15)21)17-18(25)23-20(27)24(19(17)26)16-11-7-4-8-12(16)2/h4,7-8,11,13,15,26H,3,5-6,9-10,21H2,1-2H3,(H,23,25,27). The first kappa shape index (κ1) is 19.1. The van der Waals surface area contributed by atoms with Crippen LogP contribution in [0.1, 0.15) is 50.2 Å². The van der Waals surface area contributed by atoms with Gasteiger partial charge in [-0.05, 0) is 37.8 Å². The molecule has 1 aromatic carbocycles. The summed E-state index contributed by atoms with van der Waals surface area (Å²) in [5.74, 6) is -0.386. The van der Waals surface area contributed by atoms with Crippen LogP contribution in [0.4, 0.5) is 0 Å². The van der Waals surface area contributed by atoms with Crippen LogP contribution < -0.4 is 17.0 Å². The van der Waals surface area contributed by atoms with Crippen molar-refractivity contribution < 1.29 is 5.11 Å². The second-order valence-electron chi connectivity index (χ2n) is 7.02. The van der Waals surface area contributed by atoms with Crippen molar-refractivity contribution in [3.63, 3.8) is 0 Å². The molecule has 4 N–H and O–H groups in total. The van der Waals surface area contributed by atoms with Crippen LogP contribution in [0, 0.1) is 6.92 Å². The molecule has 2 atom stereocenters. The van der Waals surface area contributed by atoms with Crippen LogP contribution in [-0.2, 0) is 0 Å². The third kappa shape index (κ3) is 3.73. The molecule has 1 aliphatic rings. The van der Waals surface area contributed by atoms with Gasteiger partial charge in [0.2, 0.25) is 5.88 Å². The number of aromatic hydroxyl groups is 1. The number of para-hydroxylation sites is 1. The van der Waals surface area contributed by atoms with Crippen molar-refractivity contribution in [2.24, 2.45) is 10.7 Å². The van der Waals surface area contributed by atoms with Crippen molar-refractivity contribution in [1.82, 2.24) is 9.55 Å². The van der Waals surface area contributed by atoms with Gasteiger partial charge in [0.15, 0.2) is 0 Å². The maximum absolute atomic E-state index is 12.5. The first-order valence-corrected chi connectivity index (χ1v) is 9.41. The number of aliphatic imine (C=N–C) groups is 1. The summed E-state index contributed by atoms with van der Waals surface area (Å²) in [6, 6.07) is 7.04. The number of rotatable bonds is 4. The molecule has 0 spiro atoms. The average molecular weight is 370 g/mol. The summed E-state index contributed by atoms with van der Waals surface area (Å²) < 4.78 is 1.12. The molecule has 0 saturated heterocycles. The number of H-pyrrole nitrogens is 1. The van der Waals surface area contributed by atoms with Gasteiger partial charge in [0.05, 0.1) is 17.4 Å². The Morgan fingerprint density at radius 2 is 2.00 bits per heavy atom. The van der Waals surface area contributed by atoms with Gasteiger partial charge in [0.1, 0.15) is 5.56 Å². The van der Waals surface area contributed by atoms with Crippen LogP contribution >= 0.6 is 0 Å². The van der Waals surface area contributed by atoms with Gasteiger partial charge in [0.25, 0.3) is 5.56 Å². The Kier molecular flexibility index (Phi) is 5.60. The van der Waals surface area contributed by atoms with E-state index in [9.17, 15) is 14.7 Å². The quantitative estimate of drug-likeness (QED) is 0.714. The second kappa shape index (κ2) is 7.92. The predicted molar refractivity (Wildman–Crippen MR) is 106 cm³/mol. The van der Waals surface area contributed by atoms with Crippen LogP contribution in [0.15, 0.2) is 38.8 Å². The normalized spacial score (nSPS) is 20.6. The van der Waals surface area contributed by atoms with Gasteiger partial charge in [-0.3, -0.25) is 14.8 Å². The summed E-state index contributed by atoms with van der Waals surface area (Å²) in [6.07, 6.45) is 4.34. The summed E-state index contributed by atoms with van der Waals surface area (Å²) >= 11 is 0. The third-order valence-corrected chi connectivity index (χ3v) is 5.17. The van der Waals surface area contributed by atoms with Crippen molar-refractivity contribution in [2.75, 3.05) is 0 Å². The van der Waals surface area contributed by atoms with Crippen LogP contribution in [0.3, 0.4) is 0 Å². The third-order valence-electron chi connectivity index (χ3n) is 5.17. The second-order valence-corrected chi connectivity index (χ2v) is 7.02. The van der Waals surface area contributed by atoms with Gasteiger partial charge in [-0.15, -0.1) is 0 Å². The SMILES string of the molecule is CCC(=NC1CCCCC1N)c1c(O)n(-c2ccccc2C)c(=O)[nH]c1=O. The minimum atomic E-state index is -0.680. The van der Waals surface area contributed by atoms with E-state index in [1.54, 1.807) is 12.1 Å². The largest absolute Gasteiger partial charge is 0.493 e. The van der Waals surface area contributed by atoms with Gasteiger partial charge in [-0.2, -0.15) is 0 Å². The van der Waals surface area contributed by atoms with E-state index in [4.69, 9.17) is 10.7 Å². The molecule has 3 rings (SSSR count). The fraction of sp³-hybridized carbons (Fsp3) is 0.450. The highest BCUT2D eigenvalue weighted by Crippen LogP contribution is 2.24. The molecule has 7 nitrogen and oxygen atoms in total. The molecular formula is C20H26N4O3. The predicted octanol–water partition coefficient (Wildman–Crippen LogP) is 2.01. The van der Waals surface area contributed by atoms with Crippen LogP contribution in [0.25, 0.3) is 5.69 Å². The highest BCUT2D eigenvalue weighted by atomic mass is 16.3. The molecule has 1 fully saturated rings. The number of benzene rings is 1. The lowest BCUT2D eigenvalue weighted by atomic mass is 9.91. The molecule has 0 radical (unpaired) electrons. The lowest BCUT2D eigenvalue weighted by Gasteiger charge is -2.26. The van der Waals surface area contributed by atoms with E-state index in [0.717, 1.165) is 35.8 Å². The van der Waals surface area contributed by atoms with Gasteiger partial charge in [-0.25, -0.2) is 9.36 Å². The Balaban J connectivity index is 2.18. The summed E-state index contributed by atoms with van der Waals surface area (Å²) in [4.78, 5) is 31.9. The molecule has 1 heterocycles. The van der Waals surface area contributed by atoms with E-state index in [-0.39, 0.29) is 23.5 Å². The number of aryl methyl sites for hydroxylation is 1. The molecule has 27 heavy (non-hydrogen) atoms. The zero-order chi connectivity index (χ0) is 19.6. The Hall–Kier alpha value is -2.67. The molecule has 0 aliphatic heterocycles. The molecule has 1 aliphatic carbocycles. The fourth-order valence-electron chi connectivity index (χ4n) is 3.66. The number of hydrogen-bond donors (Lipinski definition) is 3. The first-order valence-electron chi connectivity index (χ1n) is 9.41. The molecule has 0 bridgehead atoms. The maximum atomic E-state index is 12.5. The van der Waals surface area contributed by atoms with E-state index in [2.05, 4.69) is 4.98 Å². The number of aromatic amines is 1. The van der Waals surface area contributed by atoms with Gasteiger partial charge < -0.3 is 10.8 Å². The average Bonchev–Trinajstić information content (AvgIpc) is 2.63. The van der Waals surface area contributed by atoms with Gasteiger partial charge >= 0.3 is 5.69 Å². The lowest BCUT2D eigenvalue weighted by molar-refractivity contribution is 0.386. The number of hydrogen-bond acceptors (Lipinski definition) is 5. The highest BCUT2D eigenvalue weighted by molar-refractivity contribution is 6.02. The highest BCUT2D eigenvalue weighted by Gasteiger charge is 2.25. The molecule has 2 unspecified atom stereocenters. The number of nitrogens with zero attached hydrogens (tertiary/aromatic N) is 2. The lowest BCUT2D eigenvalue weighted by Crippen LogP contribution is -2.38. The minimum absolute atomic E-state index is 0.0399. The zero-order valence-corrected chi connectivity index (χ0v) is 15.7. The monoisotopic (exact) mass is 370 g/mol. The van der Waals surface area contributed by atoms with Gasteiger partial charge in [0, 0.05) is 6.04 Å². The van der Waals surface area contributed by atoms with E-state index < -0.39 is 11.2 Å². The molecular weight excluding hydrogens is 344 g/mol. The minimum Gasteiger partial charge on any atom is -0.493 e. The fourth-order valence-corrected chi connectivity index (χ4v) is 3.66. The van der Waals surface area contributed by atoms with Crippen LogP contribution in [-0.4, -0.2) is 32.5 Å². The van der Waals surface area contributed by atoms with Crippen LogP contribution in [0.5, 0.6) is 5.88 Å². The number of nitrogens with one attached hydrogen (secondary N) is 1. The molecule has 7 heteroatoms. The number of nitrogens with two attached hydrogens (primary N) is 1. The Morgan fingerprint density at radius 3 is 2.67 bits per heavy atom. The summed E-state index contributed by atoms with van der Waals surface area (Å²) in [7, 11) is 0. The maximum Gasteiger partial charge on any atom is 0.335 e. The Bertz CT molecular complexity index is 974. The van der Waals surface area contributed by atoms with E-state index in [1.165, 1.54) is 0 Å². The summed E-state index contributed by atoms with van der Waals surface area (Å²) in [6.45, 7) is 3.71. The molecule has 0 amide bonds. The smallest absolute Gasteiger partial charge is 0.335 e. The first-order chi connectivity index (χ1) is 12.9. The zero-order valence-electron chi connectivity index (χ0n) is 15.7. The Morgan fingerprint density at radius 1 is 1.30 bits per heavy atom. The molecule has 1 aromatic heterocycles. The summed E-state index contributed by atoms with van der Waals surface area (Å²) in [5, 5.41) is 10.9. The van der Waals surface area contributed by atoms with Gasteiger partial charge in [-0.1, -0.05) is 38.0 Å². The molecule has 2 aromatic rings. The molecule has 1 saturated carbocycles. The molecule has 144 valence electrons. The van der Waals surface area contributed by atoms with Crippen molar-refractivity contribution in [1.29, 1.82) is 0 Å². The van der Waals surface area contributed by atoms with E-state index in [1.807, 2.05) is 26.0 Å². The topological polar surface area (TPSA) is 113 Å². The Labute approximate surface area is 157 Å². The van der Waals surface area contributed by atoms with Crippen LogP contribution in [0.2, 0.25) is 0 Å². The van der Waals surface area contributed by atoms with Crippen molar-refractivity contribution in [3.8, 4) is 11.6 Å². The summed E-state index contributed by atoms with van der Waals surface area (Å²) in [5.41, 5.74) is 6.71. The number of aromatic nitrogens is 2. The van der Waals surface area contributed by atoms with Crippen molar-refractivity contribution in [2.45, 2.75) is 58.0 Å². The van der Waals surface area contributed by atoms with E-state index >= 15 is 0 Å². The van der Waals surface area contributed by atoms with Crippen molar-refractivity contribution >= 4 is 5.71 Å². The van der Waals surface area contributed by atoms with E-state index in [0.29, 0.717) is 17.8 Å². The van der Waals surface area contributed by atoms with Crippen molar-refractivity contribution in [3.05, 3.63) is 56.2 Å².